The van der Waals surface area contributed by atoms with Crippen molar-refractivity contribution in [1.29, 1.82) is 0 Å². The summed E-state index contributed by atoms with van der Waals surface area (Å²) < 4.78 is 0. The Morgan fingerprint density at radius 3 is 2.43 bits per heavy atom. The number of carbonyl (C=O) groups is 2. The lowest BCUT2D eigenvalue weighted by Gasteiger charge is -2.10. The Morgan fingerprint density at radius 2 is 1.70 bits per heavy atom. The molecule has 2 rings (SSSR count). The molecule has 122 valence electrons. The SMILES string of the molecule is CN(C)CCC(=O)NNC(=O)CSc1ccc2ccccc2c1. The Morgan fingerprint density at radius 1 is 1.00 bits per heavy atom. The van der Waals surface area contributed by atoms with Crippen molar-refractivity contribution in [3.05, 3.63) is 42.5 Å². The zero-order valence-corrected chi connectivity index (χ0v) is 14.2. The second-order valence-electron chi connectivity index (χ2n) is 5.45. The minimum absolute atomic E-state index is 0.192. The molecule has 0 heterocycles. The normalized spacial score (nSPS) is 10.7. The molecule has 0 bridgehead atoms. The van der Waals surface area contributed by atoms with Gasteiger partial charge in [-0.1, -0.05) is 30.3 Å². The summed E-state index contributed by atoms with van der Waals surface area (Å²) >= 11 is 1.44. The lowest BCUT2D eigenvalue weighted by atomic mass is 10.1. The minimum atomic E-state index is -0.221. The number of amides is 2. The zero-order valence-electron chi connectivity index (χ0n) is 13.3. The first kappa shape index (κ1) is 17.3. The van der Waals surface area contributed by atoms with E-state index in [2.05, 4.69) is 23.0 Å². The summed E-state index contributed by atoms with van der Waals surface area (Å²) in [5.74, 6) is -0.157. The fraction of sp³-hybridized carbons (Fsp3) is 0.294. The van der Waals surface area contributed by atoms with Crippen LogP contribution in [0.1, 0.15) is 6.42 Å². The molecule has 5 nitrogen and oxygen atoms in total. The van der Waals surface area contributed by atoms with Crippen molar-refractivity contribution in [2.45, 2.75) is 11.3 Å². The van der Waals surface area contributed by atoms with Crippen LogP contribution >= 0.6 is 11.8 Å². The van der Waals surface area contributed by atoms with E-state index in [9.17, 15) is 9.59 Å². The Labute approximate surface area is 140 Å². The van der Waals surface area contributed by atoms with E-state index in [1.807, 2.05) is 49.3 Å². The number of fused-ring (bicyclic) bond motifs is 1. The summed E-state index contributed by atoms with van der Waals surface area (Å²) in [6.45, 7) is 0.646. The molecular weight excluding hydrogens is 310 g/mol. The van der Waals surface area contributed by atoms with Gasteiger partial charge < -0.3 is 4.90 Å². The van der Waals surface area contributed by atoms with Gasteiger partial charge in [0, 0.05) is 17.9 Å². The van der Waals surface area contributed by atoms with Crippen LogP contribution in [0.15, 0.2) is 47.4 Å². The maximum absolute atomic E-state index is 11.8. The topological polar surface area (TPSA) is 61.4 Å². The fourth-order valence-electron chi connectivity index (χ4n) is 1.97. The Hall–Kier alpha value is -2.05. The van der Waals surface area contributed by atoms with Gasteiger partial charge in [-0.05, 0) is 37.0 Å². The summed E-state index contributed by atoms with van der Waals surface area (Å²) in [6, 6.07) is 14.2. The van der Waals surface area contributed by atoms with E-state index in [0.29, 0.717) is 13.0 Å². The number of thioether (sulfide) groups is 1. The van der Waals surface area contributed by atoms with E-state index < -0.39 is 0 Å². The molecule has 0 aliphatic carbocycles. The van der Waals surface area contributed by atoms with E-state index in [1.54, 1.807) is 0 Å². The van der Waals surface area contributed by atoms with Gasteiger partial charge in [-0.25, -0.2) is 0 Å². The highest BCUT2D eigenvalue weighted by Crippen LogP contribution is 2.23. The van der Waals surface area contributed by atoms with Crippen LogP contribution in [-0.4, -0.2) is 43.1 Å². The van der Waals surface area contributed by atoms with Gasteiger partial charge in [-0.2, -0.15) is 0 Å². The molecule has 0 aromatic heterocycles. The highest BCUT2D eigenvalue weighted by atomic mass is 32.2. The molecule has 0 saturated heterocycles. The second kappa shape index (κ2) is 8.55. The van der Waals surface area contributed by atoms with E-state index >= 15 is 0 Å². The van der Waals surface area contributed by atoms with Crippen molar-refractivity contribution in [3.63, 3.8) is 0 Å². The predicted octanol–water partition coefficient (Wildman–Crippen LogP) is 2.03. The zero-order chi connectivity index (χ0) is 16.7. The standard InChI is InChI=1S/C17H21N3O2S/c1-20(2)10-9-16(21)18-19-17(22)12-23-15-8-7-13-5-3-4-6-14(13)11-15/h3-8,11H,9-10,12H2,1-2H3,(H,18,21)(H,19,22). The quantitative estimate of drug-likeness (QED) is 0.628. The molecule has 6 heteroatoms. The first-order chi connectivity index (χ1) is 11.0. The van der Waals surface area contributed by atoms with Gasteiger partial charge in [-0.3, -0.25) is 20.4 Å². The maximum Gasteiger partial charge on any atom is 0.248 e. The van der Waals surface area contributed by atoms with Crippen molar-refractivity contribution in [3.8, 4) is 0 Å². The van der Waals surface area contributed by atoms with Crippen LogP contribution in [0.2, 0.25) is 0 Å². The number of nitrogens with one attached hydrogen (secondary N) is 2. The molecule has 0 atom stereocenters. The van der Waals surface area contributed by atoms with E-state index in [-0.39, 0.29) is 17.6 Å². The second-order valence-corrected chi connectivity index (χ2v) is 6.50. The summed E-state index contributed by atoms with van der Waals surface area (Å²) in [4.78, 5) is 26.2. The van der Waals surface area contributed by atoms with E-state index in [1.165, 1.54) is 17.1 Å². The highest BCUT2D eigenvalue weighted by molar-refractivity contribution is 8.00. The van der Waals surface area contributed by atoms with Crippen molar-refractivity contribution >= 4 is 34.3 Å². The average molecular weight is 331 g/mol. The van der Waals surface area contributed by atoms with Gasteiger partial charge >= 0.3 is 0 Å². The molecular formula is C17H21N3O2S. The van der Waals surface area contributed by atoms with Crippen molar-refractivity contribution < 1.29 is 9.59 Å². The summed E-state index contributed by atoms with van der Waals surface area (Å²) in [7, 11) is 3.79. The number of benzene rings is 2. The molecule has 2 amide bonds. The van der Waals surface area contributed by atoms with Gasteiger partial charge in [0.1, 0.15) is 0 Å². The summed E-state index contributed by atoms with van der Waals surface area (Å²) in [5, 5.41) is 2.32. The summed E-state index contributed by atoms with van der Waals surface area (Å²) in [6.07, 6.45) is 0.352. The van der Waals surface area contributed by atoms with Crippen molar-refractivity contribution in [2.24, 2.45) is 0 Å². The molecule has 0 fully saturated rings. The molecule has 2 aromatic carbocycles. The third kappa shape index (κ3) is 5.92. The van der Waals surface area contributed by atoms with E-state index in [4.69, 9.17) is 0 Å². The lowest BCUT2D eigenvalue weighted by Crippen LogP contribution is -2.43. The van der Waals surface area contributed by atoms with Crippen LogP contribution in [0.3, 0.4) is 0 Å². The van der Waals surface area contributed by atoms with Crippen LogP contribution in [0.5, 0.6) is 0 Å². The van der Waals surface area contributed by atoms with Crippen molar-refractivity contribution in [1.82, 2.24) is 15.8 Å². The number of rotatable bonds is 6. The number of hydrogen-bond acceptors (Lipinski definition) is 4. The van der Waals surface area contributed by atoms with Gasteiger partial charge in [0.25, 0.3) is 0 Å². The van der Waals surface area contributed by atoms with E-state index in [0.717, 1.165) is 10.3 Å². The van der Waals surface area contributed by atoms with Crippen LogP contribution in [0.4, 0.5) is 0 Å². The van der Waals surface area contributed by atoms with Gasteiger partial charge in [0.15, 0.2) is 0 Å². The fourth-order valence-corrected chi connectivity index (χ4v) is 2.71. The molecule has 0 spiro atoms. The largest absolute Gasteiger partial charge is 0.309 e. The number of carbonyl (C=O) groups excluding carboxylic acids is 2. The predicted molar refractivity (Wildman–Crippen MR) is 94.1 cm³/mol. The molecule has 0 radical (unpaired) electrons. The first-order valence-corrected chi connectivity index (χ1v) is 8.37. The number of nitrogens with zero attached hydrogens (tertiary/aromatic N) is 1. The molecule has 23 heavy (non-hydrogen) atoms. The third-order valence-corrected chi connectivity index (χ3v) is 4.21. The maximum atomic E-state index is 11.8. The first-order valence-electron chi connectivity index (χ1n) is 7.38. The smallest absolute Gasteiger partial charge is 0.248 e. The van der Waals surface area contributed by atoms with Crippen LogP contribution < -0.4 is 10.9 Å². The van der Waals surface area contributed by atoms with Crippen LogP contribution in [0, 0.1) is 0 Å². The van der Waals surface area contributed by atoms with Crippen molar-refractivity contribution in [2.75, 3.05) is 26.4 Å². The van der Waals surface area contributed by atoms with Crippen LogP contribution in [0.25, 0.3) is 10.8 Å². The average Bonchev–Trinajstić information content (AvgIpc) is 2.56. The molecule has 0 aliphatic heterocycles. The third-order valence-electron chi connectivity index (χ3n) is 3.22. The Bertz CT molecular complexity index is 688. The van der Waals surface area contributed by atoms with Gasteiger partial charge in [0.05, 0.1) is 5.75 Å². The Balaban J connectivity index is 1.76. The highest BCUT2D eigenvalue weighted by Gasteiger charge is 2.06. The van der Waals surface area contributed by atoms with Crippen LogP contribution in [-0.2, 0) is 9.59 Å². The van der Waals surface area contributed by atoms with Gasteiger partial charge in [0.2, 0.25) is 11.8 Å². The Kier molecular flexibility index (Phi) is 6.43. The molecule has 0 saturated carbocycles. The summed E-state index contributed by atoms with van der Waals surface area (Å²) in [5.41, 5.74) is 4.86. The monoisotopic (exact) mass is 331 g/mol. The molecule has 2 N–H and O–H groups in total. The molecule has 0 unspecified atom stereocenters. The number of hydrazine groups is 1. The molecule has 0 aliphatic rings. The van der Waals surface area contributed by atoms with Gasteiger partial charge in [-0.15, -0.1) is 11.8 Å². The molecule has 2 aromatic rings. The minimum Gasteiger partial charge on any atom is -0.309 e. The lowest BCUT2D eigenvalue weighted by molar-refractivity contribution is -0.127. The number of hydrogen-bond donors (Lipinski definition) is 2.